The van der Waals surface area contributed by atoms with Gasteiger partial charge in [-0.1, -0.05) is 13.8 Å². The number of anilines is 2. The normalized spacial score (nSPS) is 12.1. The van der Waals surface area contributed by atoms with E-state index in [1.807, 2.05) is 0 Å². The fourth-order valence-electron chi connectivity index (χ4n) is 2.59. The van der Waals surface area contributed by atoms with Crippen molar-refractivity contribution in [2.45, 2.75) is 24.9 Å². The van der Waals surface area contributed by atoms with Crippen LogP contribution < -0.4 is 10.6 Å². The summed E-state index contributed by atoms with van der Waals surface area (Å²) in [5, 5.41) is 5.32. The third-order valence-corrected chi connectivity index (χ3v) is 6.21. The van der Waals surface area contributed by atoms with Crippen LogP contribution in [0.15, 0.2) is 53.4 Å². The minimum Gasteiger partial charge on any atom is -0.376 e. The van der Waals surface area contributed by atoms with Gasteiger partial charge in [0.25, 0.3) is 0 Å². The second-order valence-corrected chi connectivity index (χ2v) is 8.03. The Bertz CT molecular complexity index is 924. The lowest BCUT2D eigenvalue weighted by atomic mass is 10.2. The van der Waals surface area contributed by atoms with Gasteiger partial charge >= 0.3 is 6.18 Å². The molecule has 0 heterocycles. The number of amides is 1. The van der Waals surface area contributed by atoms with E-state index < -0.39 is 27.7 Å². The van der Waals surface area contributed by atoms with Gasteiger partial charge in [-0.25, -0.2) is 8.42 Å². The van der Waals surface area contributed by atoms with E-state index >= 15 is 0 Å². The summed E-state index contributed by atoms with van der Waals surface area (Å²) in [4.78, 5) is 12.1. The zero-order valence-corrected chi connectivity index (χ0v) is 16.8. The molecule has 0 aliphatic rings. The number of hydrogen-bond donors (Lipinski definition) is 2. The van der Waals surface area contributed by atoms with Crippen molar-refractivity contribution >= 4 is 27.3 Å². The van der Waals surface area contributed by atoms with E-state index in [0.717, 1.165) is 12.1 Å². The van der Waals surface area contributed by atoms with Crippen molar-refractivity contribution in [2.75, 3.05) is 30.3 Å². The Labute approximate surface area is 167 Å². The number of rotatable bonds is 8. The molecule has 0 bridgehead atoms. The Morgan fingerprint density at radius 3 is 1.93 bits per heavy atom. The van der Waals surface area contributed by atoms with Crippen LogP contribution in [0.3, 0.4) is 0 Å². The molecule has 0 saturated carbocycles. The molecule has 158 valence electrons. The lowest BCUT2D eigenvalue weighted by molar-refractivity contribution is -0.137. The summed E-state index contributed by atoms with van der Waals surface area (Å²) >= 11 is 0. The molecule has 0 saturated heterocycles. The molecule has 2 N–H and O–H groups in total. The standard InChI is InChI=1S/C19H22F3N3O3S/c1-3-25(4-2)29(27,28)17-11-9-16(10-12-17)24-18(26)13-23-15-7-5-14(6-8-15)19(20,21)22/h5-12,23H,3-4,13H2,1-2H3,(H,24,26). The number of carbonyl (C=O) groups excluding carboxylic acids is 1. The monoisotopic (exact) mass is 429 g/mol. The number of halogens is 3. The predicted octanol–water partition coefficient (Wildman–Crippen LogP) is 3.79. The molecule has 29 heavy (non-hydrogen) atoms. The lowest BCUT2D eigenvalue weighted by Crippen LogP contribution is -2.30. The molecule has 0 fully saturated rings. The molecule has 2 aromatic rings. The van der Waals surface area contributed by atoms with Gasteiger partial charge in [0, 0.05) is 24.5 Å². The fourth-order valence-corrected chi connectivity index (χ4v) is 4.05. The average Bonchev–Trinajstić information content (AvgIpc) is 2.67. The molecule has 0 radical (unpaired) electrons. The molecular weight excluding hydrogens is 407 g/mol. The SMILES string of the molecule is CCN(CC)S(=O)(=O)c1ccc(NC(=O)CNc2ccc(C(F)(F)F)cc2)cc1. The highest BCUT2D eigenvalue weighted by atomic mass is 32.2. The Balaban J connectivity index is 1.94. The lowest BCUT2D eigenvalue weighted by Gasteiger charge is -2.18. The van der Waals surface area contributed by atoms with E-state index in [0.29, 0.717) is 24.5 Å². The van der Waals surface area contributed by atoms with Gasteiger partial charge in [0.1, 0.15) is 0 Å². The maximum absolute atomic E-state index is 12.5. The van der Waals surface area contributed by atoms with E-state index in [2.05, 4.69) is 10.6 Å². The predicted molar refractivity (Wildman–Crippen MR) is 105 cm³/mol. The molecule has 0 atom stereocenters. The second kappa shape index (κ2) is 9.27. The van der Waals surface area contributed by atoms with Crippen molar-refractivity contribution in [3.8, 4) is 0 Å². The molecule has 2 rings (SSSR count). The summed E-state index contributed by atoms with van der Waals surface area (Å²) in [5.74, 6) is -0.427. The summed E-state index contributed by atoms with van der Waals surface area (Å²) < 4.78 is 63.8. The molecule has 0 aromatic heterocycles. The van der Waals surface area contributed by atoms with Gasteiger partial charge in [-0.3, -0.25) is 4.79 Å². The van der Waals surface area contributed by atoms with Crippen LogP contribution in [-0.2, 0) is 21.0 Å². The highest BCUT2D eigenvalue weighted by molar-refractivity contribution is 7.89. The van der Waals surface area contributed by atoms with Crippen LogP contribution in [0.25, 0.3) is 0 Å². The first-order valence-corrected chi connectivity index (χ1v) is 10.3. The maximum atomic E-state index is 12.5. The number of sulfonamides is 1. The zero-order valence-electron chi connectivity index (χ0n) is 16.0. The van der Waals surface area contributed by atoms with Gasteiger partial charge in [-0.15, -0.1) is 0 Å². The largest absolute Gasteiger partial charge is 0.416 e. The smallest absolute Gasteiger partial charge is 0.376 e. The van der Waals surface area contributed by atoms with Crippen LogP contribution in [0.4, 0.5) is 24.5 Å². The minimum atomic E-state index is -4.42. The van der Waals surface area contributed by atoms with Gasteiger partial charge in [0.05, 0.1) is 17.0 Å². The molecule has 1 amide bonds. The van der Waals surface area contributed by atoms with Gasteiger partial charge in [0.2, 0.25) is 15.9 Å². The second-order valence-electron chi connectivity index (χ2n) is 6.09. The zero-order chi connectivity index (χ0) is 21.7. The fraction of sp³-hybridized carbons (Fsp3) is 0.316. The quantitative estimate of drug-likeness (QED) is 0.669. The summed E-state index contributed by atoms with van der Waals surface area (Å²) in [6.45, 7) is 4.04. The molecule has 2 aromatic carbocycles. The first-order valence-electron chi connectivity index (χ1n) is 8.89. The van der Waals surface area contributed by atoms with Crippen molar-refractivity contribution in [3.63, 3.8) is 0 Å². The number of hydrogen-bond acceptors (Lipinski definition) is 4. The van der Waals surface area contributed by atoms with Crippen molar-refractivity contribution in [1.82, 2.24) is 4.31 Å². The van der Waals surface area contributed by atoms with E-state index in [1.165, 1.54) is 40.7 Å². The van der Waals surface area contributed by atoms with Crippen LogP contribution in [-0.4, -0.2) is 38.3 Å². The summed E-state index contributed by atoms with van der Waals surface area (Å²) in [6, 6.07) is 10.1. The summed E-state index contributed by atoms with van der Waals surface area (Å²) in [5.41, 5.74) is 0.00351. The number of carbonyl (C=O) groups is 1. The van der Waals surface area contributed by atoms with Crippen LogP contribution >= 0.6 is 0 Å². The highest BCUT2D eigenvalue weighted by Gasteiger charge is 2.29. The van der Waals surface area contributed by atoms with E-state index in [9.17, 15) is 26.4 Å². The first kappa shape index (κ1) is 22.7. The Morgan fingerprint density at radius 2 is 1.45 bits per heavy atom. The van der Waals surface area contributed by atoms with Gasteiger partial charge < -0.3 is 10.6 Å². The highest BCUT2D eigenvalue weighted by Crippen LogP contribution is 2.29. The van der Waals surface area contributed by atoms with Gasteiger partial charge in [0.15, 0.2) is 0 Å². The summed E-state index contributed by atoms with van der Waals surface area (Å²) in [7, 11) is -3.58. The van der Waals surface area contributed by atoms with Gasteiger partial charge in [-0.05, 0) is 48.5 Å². The van der Waals surface area contributed by atoms with Crippen molar-refractivity contribution in [2.24, 2.45) is 0 Å². The van der Waals surface area contributed by atoms with Crippen LogP contribution in [0.5, 0.6) is 0 Å². The molecule has 0 spiro atoms. The topological polar surface area (TPSA) is 78.5 Å². The van der Waals surface area contributed by atoms with Crippen LogP contribution in [0.2, 0.25) is 0 Å². The van der Waals surface area contributed by atoms with Crippen molar-refractivity contribution in [3.05, 3.63) is 54.1 Å². The van der Waals surface area contributed by atoms with Gasteiger partial charge in [-0.2, -0.15) is 17.5 Å². The average molecular weight is 429 g/mol. The molecule has 10 heteroatoms. The van der Waals surface area contributed by atoms with E-state index in [1.54, 1.807) is 13.8 Å². The number of alkyl halides is 3. The molecular formula is C19H22F3N3O3S. The Kier molecular flexibility index (Phi) is 7.26. The third kappa shape index (κ3) is 5.94. The number of nitrogens with zero attached hydrogens (tertiary/aromatic N) is 1. The Morgan fingerprint density at radius 1 is 0.931 bits per heavy atom. The van der Waals surface area contributed by atoms with Crippen molar-refractivity contribution < 1.29 is 26.4 Å². The third-order valence-electron chi connectivity index (χ3n) is 4.15. The molecule has 0 aliphatic carbocycles. The minimum absolute atomic E-state index is 0.127. The summed E-state index contributed by atoms with van der Waals surface area (Å²) in [6.07, 6.45) is -4.42. The van der Waals surface area contributed by atoms with Crippen LogP contribution in [0, 0.1) is 0 Å². The number of benzene rings is 2. The van der Waals surface area contributed by atoms with Crippen molar-refractivity contribution in [1.29, 1.82) is 0 Å². The Hall–Kier alpha value is -2.59. The van der Waals surface area contributed by atoms with Crippen LogP contribution in [0.1, 0.15) is 19.4 Å². The maximum Gasteiger partial charge on any atom is 0.416 e. The van der Waals surface area contributed by atoms with E-state index in [-0.39, 0.29) is 11.4 Å². The molecule has 0 unspecified atom stereocenters. The number of nitrogens with one attached hydrogen (secondary N) is 2. The first-order chi connectivity index (χ1) is 13.6. The molecule has 0 aliphatic heterocycles. The van der Waals surface area contributed by atoms with E-state index in [4.69, 9.17) is 0 Å². The molecule has 6 nitrogen and oxygen atoms in total.